The molecule has 2 aromatic rings. The molecule has 1 aromatic heterocycles. The second kappa shape index (κ2) is 6.24. The minimum absolute atomic E-state index is 0.128. The highest BCUT2D eigenvalue weighted by atomic mass is 16.6. The fraction of sp³-hybridized carbons (Fsp3) is 0.471. The fourth-order valence-electron chi connectivity index (χ4n) is 3.18. The second-order valence-corrected chi connectivity index (χ2v) is 6.89. The number of fused-ring (bicyclic) bond motifs is 1. The monoisotopic (exact) mass is 329 g/mol. The molecule has 1 aromatic carbocycles. The molecule has 1 aliphatic heterocycles. The van der Waals surface area contributed by atoms with Gasteiger partial charge in [-0.2, -0.15) is 0 Å². The minimum atomic E-state index is -0.452. The molecule has 3 rings (SSSR count). The van der Waals surface area contributed by atoms with E-state index in [9.17, 15) is 10.1 Å². The van der Waals surface area contributed by atoms with Crippen molar-refractivity contribution in [3.8, 4) is 0 Å². The summed E-state index contributed by atoms with van der Waals surface area (Å²) in [4.78, 5) is 16.9. The molecule has 24 heavy (non-hydrogen) atoms. The molecule has 0 bridgehead atoms. The van der Waals surface area contributed by atoms with Crippen LogP contribution in [0.4, 0.5) is 11.6 Å². The number of benzene rings is 1. The van der Waals surface area contributed by atoms with Crippen LogP contribution in [0.25, 0.3) is 0 Å². The summed E-state index contributed by atoms with van der Waals surface area (Å²) in [5.74, 6) is 0.322. The van der Waals surface area contributed by atoms with E-state index in [-0.39, 0.29) is 11.4 Å². The van der Waals surface area contributed by atoms with E-state index in [0.717, 1.165) is 19.5 Å². The Labute approximate surface area is 141 Å². The van der Waals surface area contributed by atoms with Crippen molar-refractivity contribution < 1.29 is 4.92 Å². The molecule has 0 amide bonds. The Balaban J connectivity index is 1.71. The van der Waals surface area contributed by atoms with Gasteiger partial charge in [-0.1, -0.05) is 24.3 Å². The molecular formula is C17H23N5O2. The van der Waals surface area contributed by atoms with Gasteiger partial charge >= 0.3 is 5.82 Å². The van der Waals surface area contributed by atoms with Gasteiger partial charge in [-0.05, 0) is 41.3 Å². The molecule has 0 spiro atoms. The Morgan fingerprint density at radius 1 is 1.33 bits per heavy atom. The Hall–Kier alpha value is -2.41. The summed E-state index contributed by atoms with van der Waals surface area (Å²) in [5, 5.41) is 14.3. The maximum absolute atomic E-state index is 11.1. The first-order valence-electron chi connectivity index (χ1n) is 8.10. The van der Waals surface area contributed by atoms with Crippen molar-refractivity contribution in [2.45, 2.75) is 32.4 Å². The lowest BCUT2D eigenvalue weighted by atomic mass is 9.94. The van der Waals surface area contributed by atoms with Crippen molar-refractivity contribution in [2.24, 2.45) is 7.05 Å². The molecule has 0 saturated carbocycles. The lowest BCUT2D eigenvalue weighted by molar-refractivity contribution is -0.388. The fourth-order valence-corrected chi connectivity index (χ4v) is 3.18. The van der Waals surface area contributed by atoms with Gasteiger partial charge in [0.05, 0.1) is 0 Å². The van der Waals surface area contributed by atoms with Crippen molar-refractivity contribution in [1.82, 2.24) is 14.5 Å². The smallest absolute Gasteiger partial charge is 0.362 e. The third-order valence-corrected chi connectivity index (χ3v) is 4.77. The average Bonchev–Trinajstić information content (AvgIpc) is 2.93. The van der Waals surface area contributed by atoms with E-state index in [1.807, 2.05) is 0 Å². The number of anilines is 1. The predicted octanol–water partition coefficient (Wildman–Crippen LogP) is 2.58. The molecule has 7 nitrogen and oxygen atoms in total. The van der Waals surface area contributed by atoms with Crippen LogP contribution in [0.15, 0.2) is 30.6 Å². The summed E-state index contributed by atoms with van der Waals surface area (Å²) in [6, 6.07) is 8.53. The third-order valence-electron chi connectivity index (χ3n) is 4.77. The number of imidazole rings is 1. The van der Waals surface area contributed by atoms with Crippen molar-refractivity contribution in [3.05, 3.63) is 51.8 Å². The molecule has 1 N–H and O–H groups in total. The van der Waals surface area contributed by atoms with E-state index in [1.165, 1.54) is 17.5 Å². The number of rotatable bonds is 5. The summed E-state index contributed by atoms with van der Waals surface area (Å²) in [5.41, 5.74) is 2.65. The lowest BCUT2D eigenvalue weighted by Crippen LogP contribution is -2.50. The summed E-state index contributed by atoms with van der Waals surface area (Å²) in [6.07, 6.45) is 2.50. The predicted molar refractivity (Wildman–Crippen MR) is 93.0 cm³/mol. The molecule has 1 aliphatic rings. The van der Waals surface area contributed by atoms with Gasteiger partial charge in [0.15, 0.2) is 0 Å². The normalized spacial score (nSPS) is 15.1. The largest absolute Gasteiger partial charge is 0.406 e. The summed E-state index contributed by atoms with van der Waals surface area (Å²) in [6.45, 7) is 6.82. The quantitative estimate of drug-likeness (QED) is 0.674. The molecule has 0 radical (unpaired) electrons. The van der Waals surface area contributed by atoms with Crippen molar-refractivity contribution in [3.63, 3.8) is 0 Å². The highest BCUT2D eigenvalue weighted by Gasteiger charge is 2.31. The van der Waals surface area contributed by atoms with E-state index in [0.29, 0.717) is 12.4 Å². The maximum Gasteiger partial charge on any atom is 0.406 e. The number of hydrogen-bond acceptors (Lipinski definition) is 5. The molecule has 128 valence electrons. The van der Waals surface area contributed by atoms with Gasteiger partial charge in [0.25, 0.3) is 0 Å². The van der Waals surface area contributed by atoms with Gasteiger partial charge in [-0.3, -0.25) is 9.47 Å². The molecular weight excluding hydrogens is 306 g/mol. The lowest BCUT2D eigenvalue weighted by Gasteiger charge is -2.41. The SMILES string of the molecule is Cn1cnc([N+](=O)[O-])c1NCC(C)(C)N1CCc2ccccc2C1. The average molecular weight is 329 g/mol. The van der Waals surface area contributed by atoms with E-state index < -0.39 is 4.92 Å². The van der Waals surface area contributed by atoms with Crippen LogP contribution < -0.4 is 5.32 Å². The molecule has 0 atom stereocenters. The van der Waals surface area contributed by atoms with E-state index in [4.69, 9.17) is 0 Å². The summed E-state index contributed by atoms with van der Waals surface area (Å²) < 4.78 is 1.65. The van der Waals surface area contributed by atoms with Crippen LogP contribution in [0.3, 0.4) is 0 Å². The van der Waals surface area contributed by atoms with Gasteiger partial charge in [0, 0.05) is 32.2 Å². The number of nitrogens with one attached hydrogen (secondary N) is 1. The highest BCUT2D eigenvalue weighted by molar-refractivity contribution is 5.52. The number of hydrogen-bond donors (Lipinski definition) is 1. The third kappa shape index (κ3) is 3.12. The van der Waals surface area contributed by atoms with Crippen molar-refractivity contribution >= 4 is 11.6 Å². The van der Waals surface area contributed by atoms with Gasteiger partial charge in [0.2, 0.25) is 12.1 Å². The zero-order valence-corrected chi connectivity index (χ0v) is 14.3. The second-order valence-electron chi connectivity index (χ2n) is 6.89. The van der Waals surface area contributed by atoms with Crippen LogP contribution in [-0.4, -0.2) is 38.0 Å². The van der Waals surface area contributed by atoms with Crippen LogP contribution in [0.1, 0.15) is 25.0 Å². The number of aryl methyl sites for hydroxylation is 1. The van der Waals surface area contributed by atoms with Crippen LogP contribution in [-0.2, 0) is 20.0 Å². The molecule has 0 fully saturated rings. The number of nitro groups is 1. The zero-order chi connectivity index (χ0) is 17.3. The van der Waals surface area contributed by atoms with Crippen LogP contribution in [0.2, 0.25) is 0 Å². The van der Waals surface area contributed by atoms with E-state index in [2.05, 4.69) is 53.3 Å². The topological polar surface area (TPSA) is 76.2 Å². The molecule has 0 aliphatic carbocycles. The van der Waals surface area contributed by atoms with Gasteiger partial charge in [0.1, 0.15) is 0 Å². The van der Waals surface area contributed by atoms with Crippen LogP contribution in [0.5, 0.6) is 0 Å². The Kier molecular flexibility index (Phi) is 4.28. The first kappa shape index (κ1) is 16.4. The van der Waals surface area contributed by atoms with E-state index >= 15 is 0 Å². The van der Waals surface area contributed by atoms with Crippen LogP contribution in [0, 0.1) is 10.1 Å². The Morgan fingerprint density at radius 3 is 2.75 bits per heavy atom. The Bertz CT molecular complexity index is 753. The standard InChI is InChI=1S/C17H23N5O2/c1-17(2,11-18-15-16(22(23)24)19-12-20(15)3)21-9-8-13-6-4-5-7-14(13)10-21/h4-7,12,18H,8-11H2,1-3H3. The molecule has 7 heteroatoms. The zero-order valence-electron chi connectivity index (χ0n) is 14.3. The molecule has 0 saturated heterocycles. The maximum atomic E-state index is 11.1. The highest BCUT2D eigenvalue weighted by Crippen LogP contribution is 2.27. The minimum Gasteiger partial charge on any atom is -0.362 e. The van der Waals surface area contributed by atoms with Gasteiger partial charge in [-0.25, -0.2) is 0 Å². The summed E-state index contributed by atoms with van der Waals surface area (Å²) >= 11 is 0. The van der Waals surface area contributed by atoms with Crippen molar-refractivity contribution in [1.29, 1.82) is 0 Å². The van der Waals surface area contributed by atoms with Crippen LogP contribution >= 0.6 is 0 Å². The number of aromatic nitrogens is 2. The summed E-state index contributed by atoms with van der Waals surface area (Å²) in [7, 11) is 1.76. The first-order chi connectivity index (χ1) is 11.4. The number of nitrogens with zero attached hydrogens (tertiary/aromatic N) is 4. The molecule has 0 unspecified atom stereocenters. The van der Waals surface area contributed by atoms with E-state index in [1.54, 1.807) is 11.6 Å². The first-order valence-corrected chi connectivity index (χ1v) is 8.10. The van der Waals surface area contributed by atoms with Gasteiger partial charge < -0.3 is 15.4 Å². The van der Waals surface area contributed by atoms with Crippen molar-refractivity contribution in [2.75, 3.05) is 18.4 Å². The molecule has 2 heterocycles. The van der Waals surface area contributed by atoms with Gasteiger partial charge in [-0.15, -0.1) is 0 Å². The Morgan fingerprint density at radius 2 is 2.04 bits per heavy atom.